The fraction of sp³-hybridized carbons (Fsp3) is 0.875. The maximum atomic E-state index is 10.8. The number of carboxylic acids is 1. The maximum Gasteiger partial charge on any atom is 0.321 e. The summed E-state index contributed by atoms with van der Waals surface area (Å²) >= 11 is 0. The van der Waals surface area contributed by atoms with Crippen molar-refractivity contribution < 1.29 is 14.6 Å². The molecular weight excluding hydrogens is 158 g/mol. The van der Waals surface area contributed by atoms with Gasteiger partial charge in [-0.3, -0.25) is 4.79 Å². The van der Waals surface area contributed by atoms with Crippen LogP contribution in [0.25, 0.3) is 0 Å². The molecule has 0 aliphatic carbocycles. The molecule has 0 radical (unpaired) electrons. The number of piperidine rings is 1. The van der Waals surface area contributed by atoms with Gasteiger partial charge in [-0.2, -0.15) is 0 Å². The standard InChI is InChI=1S/C8H13NO3/c10-8(11)7-5-2-4-12-6(5)1-3-9-7/h5-7,9H,1-4H2,(H,10,11). The molecule has 3 atom stereocenters. The third kappa shape index (κ3) is 1.21. The first-order valence-corrected chi connectivity index (χ1v) is 4.37. The fourth-order valence-corrected chi connectivity index (χ4v) is 2.15. The molecule has 0 aromatic heterocycles. The van der Waals surface area contributed by atoms with Crippen LogP contribution in [-0.2, 0) is 9.53 Å². The monoisotopic (exact) mass is 171 g/mol. The van der Waals surface area contributed by atoms with Crippen LogP contribution in [0.2, 0.25) is 0 Å². The van der Waals surface area contributed by atoms with Crippen LogP contribution in [-0.4, -0.2) is 36.4 Å². The third-order valence-corrected chi connectivity index (χ3v) is 2.75. The molecule has 0 bridgehead atoms. The summed E-state index contributed by atoms with van der Waals surface area (Å²) in [5.41, 5.74) is 0. The fourth-order valence-electron chi connectivity index (χ4n) is 2.15. The average Bonchev–Trinajstić information content (AvgIpc) is 2.49. The van der Waals surface area contributed by atoms with Crippen LogP contribution in [0.15, 0.2) is 0 Å². The Morgan fingerprint density at radius 2 is 2.33 bits per heavy atom. The topological polar surface area (TPSA) is 58.6 Å². The van der Waals surface area contributed by atoms with E-state index in [1.165, 1.54) is 0 Å². The van der Waals surface area contributed by atoms with E-state index in [1.807, 2.05) is 0 Å². The van der Waals surface area contributed by atoms with Crippen molar-refractivity contribution >= 4 is 5.97 Å². The molecule has 68 valence electrons. The molecular formula is C8H13NO3. The lowest BCUT2D eigenvalue weighted by molar-refractivity contribution is -0.142. The van der Waals surface area contributed by atoms with Crippen LogP contribution in [0.3, 0.4) is 0 Å². The lowest BCUT2D eigenvalue weighted by atomic mass is 9.88. The van der Waals surface area contributed by atoms with Crippen LogP contribution in [0.4, 0.5) is 0 Å². The van der Waals surface area contributed by atoms with Gasteiger partial charge < -0.3 is 15.2 Å². The van der Waals surface area contributed by atoms with Crippen molar-refractivity contribution in [2.45, 2.75) is 25.0 Å². The van der Waals surface area contributed by atoms with E-state index in [0.717, 1.165) is 26.0 Å². The van der Waals surface area contributed by atoms with Gasteiger partial charge >= 0.3 is 5.97 Å². The van der Waals surface area contributed by atoms with Crippen molar-refractivity contribution in [2.75, 3.05) is 13.2 Å². The Morgan fingerprint density at radius 1 is 1.50 bits per heavy atom. The first kappa shape index (κ1) is 8.01. The van der Waals surface area contributed by atoms with Gasteiger partial charge in [-0.25, -0.2) is 0 Å². The van der Waals surface area contributed by atoms with Crippen LogP contribution in [0.5, 0.6) is 0 Å². The van der Waals surface area contributed by atoms with E-state index in [4.69, 9.17) is 9.84 Å². The minimum Gasteiger partial charge on any atom is -0.480 e. The van der Waals surface area contributed by atoms with E-state index in [9.17, 15) is 4.79 Å². The van der Waals surface area contributed by atoms with E-state index in [2.05, 4.69) is 5.32 Å². The number of hydrogen-bond acceptors (Lipinski definition) is 3. The number of fused-ring (bicyclic) bond motifs is 1. The van der Waals surface area contributed by atoms with Crippen molar-refractivity contribution in [3.05, 3.63) is 0 Å². The lowest BCUT2D eigenvalue weighted by Crippen LogP contribution is -2.51. The summed E-state index contributed by atoms with van der Waals surface area (Å²) in [5.74, 6) is -0.550. The van der Waals surface area contributed by atoms with Gasteiger partial charge in [0.15, 0.2) is 0 Å². The summed E-state index contributed by atoms with van der Waals surface area (Å²) in [4.78, 5) is 10.8. The lowest BCUT2D eigenvalue weighted by Gasteiger charge is -2.30. The van der Waals surface area contributed by atoms with Gasteiger partial charge in [0, 0.05) is 12.5 Å². The molecule has 2 aliphatic rings. The van der Waals surface area contributed by atoms with Gasteiger partial charge in [0.2, 0.25) is 0 Å². The Kier molecular flexibility index (Phi) is 2.02. The molecule has 2 rings (SSSR count). The average molecular weight is 171 g/mol. The highest BCUT2D eigenvalue weighted by Gasteiger charge is 2.40. The number of ether oxygens (including phenoxy) is 1. The molecule has 2 saturated heterocycles. The normalized spacial score (nSPS) is 40.8. The second-order valence-corrected chi connectivity index (χ2v) is 3.42. The summed E-state index contributed by atoms with van der Waals surface area (Å²) in [6.07, 6.45) is 2.02. The summed E-state index contributed by atoms with van der Waals surface area (Å²) < 4.78 is 5.43. The van der Waals surface area contributed by atoms with Crippen LogP contribution in [0, 0.1) is 5.92 Å². The molecule has 0 aromatic carbocycles. The number of aliphatic carboxylic acids is 1. The van der Waals surface area contributed by atoms with Gasteiger partial charge in [-0.15, -0.1) is 0 Å². The molecule has 0 aromatic rings. The Morgan fingerprint density at radius 3 is 3.08 bits per heavy atom. The summed E-state index contributed by atoms with van der Waals surface area (Å²) in [7, 11) is 0. The van der Waals surface area contributed by atoms with Crippen molar-refractivity contribution in [1.82, 2.24) is 5.32 Å². The zero-order chi connectivity index (χ0) is 8.55. The summed E-state index contributed by atoms with van der Waals surface area (Å²) in [6, 6.07) is -0.383. The van der Waals surface area contributed by atoms with Crippen molar-refractivity contribution in [3.8, 4) is 0 Å². The molecule has 4 nitrogen and oxygen atoms in total. The third-order valence-electron chi connectivity index (χ3n) is 2.75. The van der Waals surface area contributed by atoms with Gasteiger partial charge in [-0.1, -0.05) is 0 Å². The summed E-state index contributed by atoms with van der Waals surface area (Å²) in [6.45, 7) is 1.49. The van der Waals surface area contributed by atoms with Crippen LogP contribution >= 0.6 is 0 Å². The molecule has 2 aliphatic heterocycles. The largest absolute Gasteiger partial charge is 0.480 e. The van der Waals surface area contributed by atoms with Crippen LogP contribution < -0.4 is 5.32 Å². The molecule has 4 heteroatoms. The van der Waals surface area contributed by atoms with Crippen molar-refractivity contribution in [2.24, 2.45) is 5.92 Å². The van der Waals surface area contributed by atoms with Gasteiger partial charge in [0.25, 0.3) is 0 Å². The maximum absolute atomic E-state index is 10.8. The molecule has 0 saturated carbocycles. The number of carbonyl (C=O) groups is 1. The highest BCUT2D eigenvalue weighted by atomic mass is 16.5. The van der Waals surface area contributed by atoms with Crippen molar-refractivity contribution in [3.63, 3.8) is 0 Å². The van der Waals surface area contributed by atoms with E-state index in [-0.39, 0.29) is 18.1 Å². The Bertz CT molecular complexity index is 195. The SMILES string of the molecule is O=C(O)C1NCCC2OCCC21. The minimum absolute atomic E-state index is 0.187. The second kappa shape index (κ2) is 3.03. The zero-order valence-corrected chi connectivity index (χ0v) is 6.82. The highest BCUT2D eigenvalue weighted by Crippen LogP contribution is 2.29. The van der Waals surface area contributed by atoms with Gasteiger partial charge in [0.05, 0.1) is 6.10 Å². The Balaban J connectivity index is 2.08. The summed E-state index contributed by atoms with van der Waals surface area (Å²) in [5, 5.41) is 11.9. The predicted molar refractivity (Wildman–Crippen MR) is 41.9 cm³/mol. The van der Waals surface area contributed by atoms with Gasteiger partial charge in [-0.05, 0) is 19.4 Å². The highest BCUT2D eigenvalue weighted by molar-refractivity contribution is 5.74. The molecule has 3 unspecified atom stereocenters. The number of rotatable bonds is 1. The zero-order valence-electron chi connectivity index (χ0n) is 6.82. The van der Waals surface area contributed by atoms with E-state index in [1.54, 1.807) is 0 Å². The Hall–Kier alpha value is -0.610. The minimum atomic E-state index is -0.741. The first-order valence-electron chi connectivity index (χ1n) is 4.37. The quantitative estimate of drug-likeness (QED) is 0.575. The molecule has 0 amide bonds. The predicted octanol–water partition coefficient (Wildman–Crippen LogP) is -0.162. The number of hydrogen-bond donors (Lipinski definition) is 2. The molecule has 2 N–H and O–H groups in total. The van der Waals surface area contributed by atoms with Crippen LogP contribution in [0.1, 0.15) is 12.8 Å². The molecule has 2 fully saturated rings. The molecule has 12 heavy (non-hydrogen) atoms. The van der Waals surface area contributed by atoms with Crippen molar-refractivity contribution in [1.29, 1.82) is 0 Å². The number of carboxylic acid groups (broad SMARTS) is 1. The molecule has 2 heterocycles. The smallest absolute Gasteiger partial charge is 0.321 e. The van der Waals surface area contributed by atoms with E-state index < -0.39 is 5.97 Å². The van der Waals surface area contributed by atoms with Gasteiger partial charge in [0.1, 0.15) is 6.04 Å². The molecule has 0 spiro atoms. The van der Waals surface area contributed by atoms with E-state index >= 15 is 0 Å². The second-order valence-electron chi connectivity index (χ2n) is 3.42. The Labute approximate surface area is 70.9 Å². The first-order chi connectivity index (χ1) is 5.79. The van der Waals surface area contributed by atoms with E-state index in [0.29, 0.717) is 0 Å². The number of nitrogens with one attached hydrogen (secondary N) is 1.